The number of ether oxygens (including phenoxy) is 1. The standard InChI is InChI=1S/C12H14BrN3O/c1-17-10-4-2-3-9-11(13)15-12(16(9)10)8-5-6-14-7-8/h2-4,8,14H,5-7H2,1H3. The molecule has 0 spiro atoms. The van der Waals surface area contributed by atoms with Crippen LogP contribution in [0.25, 0.3) is 5.52 Å². The summed E-state index contributed by atoms with van der Waals surface area (Å²) in [5.74, 6) is 2.38. The Hall–Kier alpha value is -1.07. The Morgan fingerprint density at radius 2 is 2.41 bits per heavy atom. The zero-order chi connectivity index (χ0) is 11.8. The van der Waals surface area contributed by atoms with Crippen molar-refractivity contribution >= 4 is 21.4 Å². The highest BCUT2D eigenvalue weighted by Crippen LogP contribution is 2.30. The molecule has 1 N–H and O–H groups in total. The predicted molar refractivity (Wildman–Crippen MR) is 69.7 cm³/mol. The molecule has 5 heteroatoms. The van der Waals surface area contributed by atoms with E-state index >= 15 is 0 Å². The van der Waals surface area contributed by atoms with Gasteiger partial charge in [0.1, 0.15) is 10.4 Å². The summed E-state index contributed by atoms with van der Waals surface area (Å²) < 4.78 is 8.41. The largest absolute Gasteiger partial charge is 0.482 e. The van der Waals surface area contributed by atoms with Crippen molar-refractivity contribution in [2.45, 2.75) is 12.3 Å². The Bertz CT molecular complexity index is 546. The Morgan fingerprint density at radius 1 is 1.53 bits per heavy atom. The maximum absolute atomic E-state index is 5.42. The van der Waals surface area contributed by atoms with Crippen molar-refractivity contribution in [2.24, 2.45) is 0 Å². The number of rotatable bonds is 2. The van der Waals surface area contributed by atoms with Gasteiger partial charge in [-0.15, -0.1) is 0 Å². The zero-order valence-electron chi connectivity index (χ0n) is 9.61. The van der Waals surface area contributed by atoms with E-state index in [0.29, 0.717) is 5.92 Å². The van der Waals surface area contributed by atoms with Crippen molar-refractivity contribution < 1.29 is 4.74 Å². The molecule has 17 heavy (non-hydrogen) atoms. The number of nitrogens with one attached hydrogen (secondary N) is 1. The minimum Gasteiger partial charge on any atom is -0.482 e. The topological polar surface area (TPSA) is 38.6 Å². The normalized spacial score (nSPS) is 20.0. The lowest BCUT2D eigenvalue weighted by molar-refractivity contribution is 0.388. The van der Waals surface area contributed by atoms with Crippen LogP contribution in [0.5, 0.6) is 5.88 Å². The monoisotopic (exact) mass is 295 g/mol. The van der Waals surface area contributed by atoms with Gasteiger partial charge in [-0.3, -0.25) is 4.40 Å². The van der Waals surface area contributed by atoms with E-state index in [9.17, 15) is 0 Å². The summed E-state index contributed by atoms with van der Waals surface area (Å²) in [5.41, 5.74) is 1.06. The fourth-order valence-corrected chi connectivity index (χ4v) is 2.89. The van der Waals surface area contributed by atoms with Crippen LogP contribution < -0.4 is 10.1 Å². The summed E-state index contributed by atoms with van der Waals surface area (Å²) in [6.07, 6.45) is 1.13. The molecule has 1 unspecified atom stereocenters. The molecule has 1 aliphatic rings. The molecule has 1 saturated heterocycles. The van der Waals surface area contributed by atoms with Gasteiger partial charge in [0.25, 0.3) is 0 Å². The van der Waals surface area contributed by atoms with Crippen LogP contribution in [-0.4, -0.2) is 29.6 Å². The highest BCUT2D eigenvalue weighted by molar-refractivity contribution is 9.10. The van der Waals surface area contributed by atoms with E-state index in [2.05, 4.69) is 30.6 Å². The van der Waals surface area contributed by atoms with Crippen LogP contribution in [0.1, 0.15) is 18.2 Å². The van der Waals surface area contributed by atoms with E-state index in [1.54, 1.807) is 7.11 Å². The third-order valence-electron chi connectivity index (χ3n) is 3.24. The van der Waals surface area contributed by atoms with Crippen LogP contribution in [0.4, 0.5) is 0 Å². The van der Waals surface area contributed by atoms with Crippen molar-refractivity contribution in [1.29, 1.82) is 0 Å². The second kappa shape index (κ2) is 4.31. The smallest absolute Gasteiger partial charge is 0.199 e. The van der Waals surface area contributed by atoms with Crippen molar-refractivity contribution in [2.75, 3.05) is 20.2 Å². The van der Waals surface area contributed by atoms with Crippen LogP contribution >= 0.6 is 15.9 Å². The highest BCUT2D eigenvalue weighted by Gasteiger charge is 2.23. The molecule has 0 saturated carbocycles. The number of fused-ring (bicyclic) bond motifs is 1. The molecule has 1 fully saturated rings. The van der Waals surface area contributed by atoms with Gasteiger partial charge in [0.2, 0.25) is 0 Å². The van der Waals surface area contributed by atoms with Gasteiger partial charge >= 0.3 is 0 Å². The summed E-state index contributed by atoms with van der Waals surface area (Å²) in [6.45, 7) is 2.05. The van der Waals surface area contributed by atoms with Crippen LogP contribution in [0.15, 0.2) is 22.8 Å². The lowest BCUT2D eigenvalue weighted by atomic mass is 10.1. The predicted octanol–water partition coefficient (Wildman–Crippen LogP) is 2.18. The quantitative estimate of drug-likeness (QED) is 0.923. The zero-order valence-corrected chi connectivity index (χ0v) is 11.2. The number of halogens is 1. The van der Waals surface area contributed by atoms with Gasteiger partial charge in [0.05, 0.1) is 12.6 Å². The summed E-state index contributed by atoms with van der Waals surface area (Å²) in [6, 6.07) is 6.00. The van der Waals surface area contributed by atoms with Crippen LogP contribution in [0.2, 0.25) is 0 Å². The van der Waals surface area contributed by atoms with Crippen molar-refractivity contribution in [3.8, 4) is 5.88 Å². The van der Waals surface area contributed by atoms with Gasteiger partial charge in [-0.05, 0) is 41.0 Å². The number of hydrogen-bond donors (Lipinski definition) is 1. The molecule has 3 heterocycles. The maximum atomic E-state index is 5.42. The van der Waals surface area contributed by atoms with Crippen LogP contribution in [0.3, 0.4) is 0 Å². The fraction of sp³-hybridized carbons (Fsp3) is 0.417. The summed E-state index contributed by atoms with van der Waals surface area (Å²) in [4.78, 5) is 4.64. The molecule has 90 valence electrons. The maximum Gasteiger partial charge on any atom is 0.199 e. The van der Waals surface area contributed by atoms with E-state index in [-0.39, 0.29) is 0 Å². The van der Waals surface area contributed by atoms with Crippen LogP contribution in [-0.2, 0) is 0 Å². The Kier molecular flexibility index (Phi) is 2.80. The first kappa shape index (κ1) is 11.0. The number of nitrogens with zero attached hydrogens (tertiary/aromatic N) is 2. The summed E-state index contributed by atoms with van der Waals surface area (Å²) in [5, 5.41) is 3.37. The molecular weight excluding hydrogens is 282 g/mol. The van der Waals surface area contributed by atoms with Gasteiger partial charge in [-0.25, -0.2) is 4.98 Å². The summed E-state index contributed by atoms with van der Waals surface area (Å²) >= 11 is 3.52. The second-order valence-corrected chi connectivity index (χ2v) is 4.99. The van der Waals surface area contributed by atoms with Crippen molar-refractivity contribution in [3.05, 3.63) is 28.6 Å². The minimum atomic E-state index is 0.463. The second-order valence-electron chi connectivity index (χ2n) is 4.24. The van der Waals surface area contributed by atoms with Gasteiger partial charge in [0, 0.05) is 12.5 Å². The molecule has 4 nitrogen and oxygen atoms in total. The Morgan fingerprint density at radius 3 is 3.12 bits per heavy atom. The van der Waals surface area contributed by atoms with Crippen molar-refractivity contribution in [3.63, 3.8) is 0 Å². The molecule has 1 aliphatic heterocycles. The lowest BCUT2D eigenvalue weighted by Crippen LogP contribution is -2.10. The van der Waals surface area contributed by atoms with E-state index in [1.807, 2.05) is 18.2 Å². The van der Waals surface area contributed by atoms with Gasteiger partial charge in [-0.2, -0.15) is 0 Å². The number of imidazole rings is 1. The third-order valence-corrected chi connectivity index (χ3v) is 3.83. The average Bonchev–Trinajstić information content (AvgIpc) is 2.97. The Labute approximate surface area is 108 Å². The number of pyridine rings is 1. The van der Waals surface area contributed by atoms with E-state index in [0.717, 1.165) is 41.3 Å². The van der Waals surface area contributed by atoms with Gasteiger partial charge in [0.15, 0.2) is 5.88 Å². The number of hydrogen-bond acceptors (Lipinski definition) is 3. The van der Waals surface area contributed by atoms with Crippen molar-refractivity contribution in [1.82, 2.24) is 14.7 Å². The summed E-state index contributed by atoms with van der Waals surface area (Å²) in [7, 11) is 1.69. The molecule has 0 aromatic carbocycles. The molecule has 2 aromatic rings. The molecule has 0 radical (unpaired) electrons. The lowest BCUT2D eigenvalue weighted by Gasteiger charge is -2.10. The molecular formula is C12H14BrN3O. The fourth-order valence-electron chi connectivity index (χ4n) is 2.40. The molecule has 0 amide bonds. The Balaban J connectivity index is 2.23. The molecule has 3 rings (SSSR count). The average molecular weight is 296 g/mol. The van der Waals surface area contributed by atoms with Crippen LogP contribution in [0, 0.1) is 0 Å². The minimum absolute atomic E-state index is 0.463. The molecule has 0 aliphatic carbocycles. The van der Waals surface area contributed by atoms with E-state index in [1.165, 1.54) is 0 Å². The first-order valence-electron chi connectivity index (χ1n) is 5.73. The SMILES string of the molecule is COc1cccc2c(Br)nc(C3CCNC3)n12. The van der Waals surface area contributed by atoms with E-state index < -0.39 is 0 Å². The third kappa shape index (κ3) is 1.73. The number of methoxy groups -OCH3 is 1. The molecule has 1 atom stereocenters. The highest BCUT2D eigenvalue weighted by atomic mass is 79.9. The number of aromatic nitrogens is 2. The molecule has 2 aromatic heterocycles. The molecule has 0 bridgehead atoms. The van der Waals surface area contributed by atoms with E-state index in [4.69, 9.17) is 4.74 Å². The first-order chi connectivity index (χ1) is 8.31. The van der Waals surface area contributed by atoms with Gasteiger partial charge in [-0.1, -0.05) is 6.07 Å². The van der Waals surface area contributed by atoms with Gasteiger partial charge < -0.3 is 10.1 Å². The first-order valence-corrected chi connectivity index (χ1v) is 6.52.